The fourth-order valence-electron chi connectivity index (χ4n) is 6.87. The summed E-state index contributed by atoms with van der Waals surface area (Å²) < 4.78 is 16.8. The van der Waals surface area contributed by atoms with E-state index in [4.69, 9.17) is 25.4 Å². The summed E-state index contributed by atoms with van der Waals surface area (Å²) >= 11 is 8.35. The van der Waals surface area contributed by atoms with Gasteiger partial charge in [-0.1, -0.05) is 104 Å². The number of allylic oxidation sites excluding steroid dienone is 10. The molecule has 0 N–H and O–H groups in total. The summed E-state index contributed by atoms with van der Waals surface area (Å²) in [6.07, 6.45) is 28.2. The molecule has 1 saturated heterocycles. The number of rotatable bonds is 22. The Morgan fingerprint density at radius 3 is 2.19 bits per heavy atom. The van der Waals surface area contributed by atoms with Crippen molar-refractivity contribution in [1.29, 1.82) is 0 Å². The Kier molecular flexibility index (Phi) is 18.1. The van der Waals surface area contributed by atoms with Crippen LogP contribution < -0.4 is 9.80 Å². The van der Waals surface area contributed by atoms with Crippen molar-refractivity contribution in [2.45, 2.75) is 90.7 Å². The summed E-state index contributed by atoms with van der Waals surface area (Å²) in [5, 5.41) is 1.71. The van der Waals surface area contributed by atoms with E-state index in [0.717, 1.165) is 81.8 Å². The second-order valence-corrected chi connectivity index (χ2v) is 15.4. The zero-order valence-corrected chi connectivity index (χ0v) is 35.0. The minimum atomic E-state index is -1.52. The van der Waals surface area contributed by atoms with Crippen LogP contribution >= 0.6 is 23.1 Å². The summed E-state index contributed by atoms with van der Waals surface area (Å²) in [5.74, 6) is -0.633. The van der Waals surface area contributed by atoms with Crippen molar-refractivity contribution in [1.82, 2.24) is 9.27 Å². The SMILES string of the molecule is CCCC=CCC=CCC=CCC=CCC=CCCCC(=O)OC(C(=O)OCC)N1C(=O)Cc2cc(CCN3CCN(c4nsc5ccccc45)CC3)c(Cl)cc21. The molecule has 0 aliphatic carbocycles. The Hall–Kier alpha value is -4.51. The van der Waals surface area contributed by atoms with E-state index in [-0.39, 0.29) is 25.4 Å². The molecule has 3 aromatic rings. The molecule has 11 heteroatoms. The number of esters is 2. The molecule has 3 heterocycles. The van der Waals surface area contributed by atoms with E-state index in [1.54, 1.807) is 24.5 Å². The molecule has 5 rings (SSSR count). The van der Waals surface area contributed by atoms with Crippen molar-refractivity contribution in [3.05, 3.63) is 113 Å². The summed E-state index contributed by atoms with van der Waals surface area (Å²) in [6.45, 7) is 8.38. The van der Waals surface area contributed by atoms with Crippen LogP contribution in [0.15, 0.2) is 97.2 Å². The molecule has 2 aliphatic heterocycles. The number of fused-ring (bicyclic) bond motifs is 2. The van der Waals surface area contributed by atoms with Crippen molar-refractivity contribution < 1.29 is 23.9 Å². The molecule has 1 amide bonds. The fourth-order valence-corrected chi connectivity index (χ4v) is 7.92. The lowest BCUT2D eigenvalue weighted by Crippen LogP contribution is -2.47. The Bertz CT molecular complexity index is 1930. The van der Waals surface area contributed by atoms with Crippen LogP contribution in [-0.2, 0) is 36.7 Å². The second-order valence-electron chi connectivity index (χ2n) is 14.2. The first-order chi connectivity index (χ1) is 27.9. The number of carbonyl (C=O) groups excluding carboxylic acids is 3. The van der Waals surface area contributed by atoms with E-state index in [2.05, 4.69) is 89.6 Å². The quantitative estimate of drug-likeness (QED) is 0.0563. The molecule has 0 radical (unpaired) electrons. The third kappa shape index (κ3) is 13.3. The maximum Gasteiger partial charge on any atom is 0.369 e. The third-order valence-corrected chi connectivity index (χ3v) is 11.1. The molecule has 57 heavy (non-hydrogen) atoms. The van der Waals surface area contributed by atoms with Crippen LogP contribution in [-0.4, -0.2) is 72.7 Å². The highest BCUT2D eigenvalue weighted by atomic mass is 35.5. The number of benzene rings is 2. The fraction of sp³-hybridized carbons (Fsp3) is 0.435. The first kappa shape index (κ1) is 43.6. The average Bonchev–Trinajstić information content (AvgIpc) is 3.78. The molecule has 0 spiro atoms. The number of piperazine rings is 1. The van der Waals surface area contributed by atoms with E-state index in [1.165, 1.54) is 21.4 Å². The monoisotopic (exact) mass is 812 g/mol. The van der Waals surface area contributed by atoms with Gasteiger partial charge < -0.3 is 14.4 Å². The highest BCUT2D eigenvalue weighted by Gasteiger charge is 2.41. The number of hydrogen-bond donors (Lipinski definition) is 0. The van der Waals surface area contributed by atoms with Gasteiger partial charge in [-0.05, 0) is 99.1 Å². The lowest BCUT2D eigenvalue weighted by molar-refractivity contribution is -0.168. The number of carbonyl (C=O) groups is 3. The topological polar surface area (TPSA) is 92.3 Å². The van der Waals surface area contributed by atoms with Crippen LogP contribution in [0.1, 0.15) is 82.8 Å². The first-order valence-electron chi connectivity index (χ1n) is 20.5. The zero-order chi connectivity index (χ0) is 40.2. The van der Waals surface area contributed by atoms with Gasteiger partial charge in [-0.2, -0.15) is 4.37 Å². The van der Waals surface area contributed by atoms with E-state index in [0.29, 0.717) is 30.0 Å². The van der Waals surface area contributed by atoms with Gasteiger partial charge in [-0.3, -0.25) is 19.4 Å². The normalized spacial score (nSPS) is 15.7. The number of unbranched alkanes of at least 4 members (excludes halogenated alkanes) is 2. The molecule has 9 nitrogen and oxygen atoms in total. The van der Waals surface area contributed by atoms with Crippen molar-refractivity contribution >= 4 is 62.6 Å². The van der Waals surface area contributed by atoms with E-state index >= 15 is 0 Å². The van der Waals surface area contributed by atoms with Crippen LogP contribution in [0.5, 0.6) is 0 Å². The largest absolute Gasteiger partial charge is 0.462 e. The van der Waals surface area contributed by atoms with Crippen molar-refractivity contribution in [3.63, 3.8) is 0 Å². The number of aromatic nitrogens is 1. The van der Waals surface area contributed by atoms with Crippen molar-refractivity contribution in [2.75, 3.05) is 49.1 Å². The summed E-state index contributed by atoms with van der Waals surface area (Å²) in [7, 11) is 0. The number of nitrogens with zero attached hydrogens (tertiary/aromatic N) is 4. The average molecular weight is 814 g/mol. The molecular formula is C46H57ClN4O5S. The van der Waals surface area contributed by atoms with Gasteiger partial charge in [-0.25, -0.2) is 4.79 Å². The number of anilines is 2. The van der Waals surface area contributed by atoms with Gasteiger partial charge in [0.15, 0.2) is 0 Å². The van der Waals surface area contributed by atoms with E-state index in [9.17, 15) is 14.4 Å². The highest BCUT2D eigenvalue weighted by molar-refractivity contribution is 7.13. The second kappa shape index (κ2) is 23.7. The smallest absolute Gasteiger partial charge is 0.369 e. The van der Waals surface area contributed by atoms with Crippen LogP contribution in [0, 0.1) is 0 Å². The molecule has 304 valence electrons. The molecule has 1 atom stereocenters. The van der Waals surface area contributed by atoms with Gasteiger partial charge in [0.2, 0.25) is 5.91 Å². The highest BCUT2D eigenvalue weighted by Crippen LogP contribution is 2.36. The molecule has 1 unspecified atom stereocenters. The lowest BCUT2D eigenvalue weighted by Gasteiger charge is -2.35. The Morgan fingerprint density at radius 2 is 1.53 bits per heavy atom. The van der Waals surface area contributed by atoms with Gasteiger partial charge in [-0.15, -0.1) is 0 Å². The third-order valence-electron chi connectivity index (χ3n) is 9.94. The Balaban J connectivity index is 1.05. The minimum absolute atomic E-state index is 0.0807. The Labute approximate surface area is 347 Å². The predicted molar refractivity (Wildman–Crippen MR) is 234 cm³/mol. The predicted octanol–water partition coefficient (Wildman–Crippen LogP) is 9.95. The van der Waals surface area contributed by atoms with Gasteiger partial charge in [0.05, 0.1) is 23.4 Å². The van der Waals surface area contributed by atoms with E-state index in [1.807, 2.05) is 18.2 Å². The summed E-state index contributed by atoms with van der Waals surface area (Å²) in [6, 6.07) is 12.0. The zero-order valence-electron chi connectivity index (χ0n) is 33.5. The van der Waals surface area contributed by atoms with E-state index < -0.39 is 18.2 Å². The van der Waals surface area contributed by atoms with Crippen LogP contribution in [0.25, 0.3) is 10.1 Å². The maximum absolute atomic E-state index is 13.4. The van der Waals surface area contributed by atoms with Crippen molar-refractivity contribution in [2.24, 2.45) is 0 Å². The van der Waals surface area contributed by atoms with Gasteiger partial charge in [0.25, 0.3) is 6.23 Å². The molecule has 1 aromatic heterocycles. The van der Waals surface area contributed by atoms with Crippen LogP contribution in [0.3, 0.4) is 0 Å². The molecule has 2 aromatic carbocycles. The van der Waals surface area contributed by atoms with Gasteiger partial charge in [0.1, 0.15) is 5.82 Å². The standard InChI is InChI=1S/C46H57ClN4O5S/c1-3-5-6-7-8-9-10-11-12-13-14-15-16-17-18-19-20-21-26-43(53)56-45(46(54)55-4-2)51-40-35-39(47)36(33-37(40)34-42(51)52)27-28-49-29-31-50(32-30-49)44-38-24-22-23-25-41(38)57-48-44/h6-7,9-10,12-13,15-16,18-19,22-25,33,35,45H,3-5,8,11,14,17,20-21,26-32,34H2,1-2H3. The maximum atomic E-state index is 13.4. The number of halogens is 1. The molecule has 2 aliphatic rings. The van der Waals surface area contributed by atoms with Gasteiger partial charge in [0, 0.05) is 49.6 Å². The number of ether oxygens (including phenoxy) is 2. The van der Waals surface area contributed by atoms with Crippen molar-refractivity contribution in [3.8, 4) is 0 Å². The summed E-state index contributed by atoms with van der Waals surface area (Å²) in [4.78, 5) is 45.4. The summed E-state index contributed by atoms with van der Waals surface area (Å²) in [5.41, 5.74) is 2.16. The molecule has 0 saturated carbocycles. The molecular weight excluding hydrogens is 756 g/mol. The number of hydrogen-bond acceptors (Lipinski definition) is 9. The number of amides is 1. The van der Waals surface area contributed by atoms with Crippen LogP contribution in [0.2, 0.25) is 5.02 Å². The minimum Gasteiger partial charge on any atom is -0.462 e. The lowest BCUT2D eigenvalue weighted by atomic mass is 10.1. The Morgan fingerprint density at radius 1 is 0.877 bits per heavy atom. The van der Waals surface area contributed by atoms with Gasteiger partial charge >= 0.3 is 11.9 Å². The first-order valence-corrected chi connectivity index (χ1v) is 21.6. The molecule has 1 fully saturated rings. The van der Waals surface area contributed by atoms with Crippen LogP contribution in [0.4, 0.5) is 11.5 Å². The molecule has 0 bridgehead atoms.